The van der Waals surface area contributed by atoms with E-state index in [0.29, 0.717) is 18.0 Å². The Kier molecular flexibility index (Phi) is 3.83. The first-order chi connectivity index (χ1) is 9.98. The molecule has 112 valence electrons. The summed E-state index contributed by atoms with van der Waals surface area (Å²) in [4.78, 5) is 4.73. The number of hydrogen-bond donors (Lipinski definition) is 1. The highest BCUT2D eigenvalue weighted by atomic mass is 32.2. The van der Waals surface area contributed by atoms with Gasteiger partial charge in [0, 0.05) is 42.8 Å². The van der Waals surface area contributed by atoms with Crippen LogP contribution in [-0.4, -0.2) is 43.9 Å². The number of aromatic nitrogens is 1. The van der Waals surface area contributed by atoms with Crippen LogP contribution >= 0.6 is 11.3 Å². The summed E-state index contributed by atoms with van der Waals surface area (Å²) in [6.07, 6.45) is 0. The minimum absolute atomic E-state index is 0.0424. The Morgan fingerprint density at radius 2 is 2.14 bits per heavy atom. The number of hydrogen-bond acceptors (Lipinski definition) is 5. The van der Waals surface area contributed by atoms with Crippen molar-refractivity contribution < 1.29 is 8.42 Å². The van der Waals surface area contributed by atoms with Crippen molar-refractivity contribution in [3.05, 3.63) is 35.3 Å². The molecule has 0 amide bonds. The fourth-order valence-corrected chi connectivity index (χ4v) is 4.36. The summed E-state index contributed by atoms with van der Waals surface area (Å²) in [5, 5.41) is 5.90. The molecule has 2 aromatic rings. The maximum absolute atomic E-state index is 12.6. The molecule has 1 aromatic carbocycles. The Bertz CT molecular complexity index is 751. The molecule has 0 spiro atoms. The SMILES string of the molecule is Cc1csc(-c2cccc(S(=O)(=O)N(C)C3CNC3)c2)n1. The largest absolute Gasteiger partial charge is 0.313 e. The van der Waals surface area contributed by atoms with Crippen molar-refractivity contribution in [1.82, 2.24) is 14.6 Å². The maximum atomic E-state index is 12.6. The minimum Gasteiger partial charge on any atom is -0.313 e. The molecule has 21 heavy (non-hydrogen) atoms. The van der Waals surface area contributed by atoms with Gasteiger partial charge in [0.05, 0.1) is 4.90 Å². The van der Waals surface area contributed by atoms with Gasteiger partial charge in [0.1, 0.15) is 5.01 Å². The summed E-state index contributed by atoms with van der Waals surface area (Å²) in [5.74, 6) is 0. The number of nitrogens with one attached hydrogen (secondary N) is 1. The molecule has 1 N–H and O–H groups in total. The monoisotopic (exact) mass is 323 g/mol. The van der Waals surface area contributed by atoms with Crippen LogP contribution in [-0.2, 0) is 10.0 Å². The van der Waals surface area contributed by atoms with Gasteiger partial charge in [0.25, 0.3) is 0 Å². The number of likely N-dealkylation sites (N-methyl/N-ethyl adjacent to an activating group) is 1. The van der Waals surface area contributed by atoms with E-state index in [1.165, 1.54) is 15.6 Å². The number of rotatable bonds is 4. The van der Waals surface area contributed by atoms with Crippen LogP contribution in [0.2, 0.25) is 0 Å². The Morgan fingerprint density at radius 1 is 1.38 bits per heavy atom. The van der Waals surface area contributed by atoms with Crippen LogP contribution < -0.4 is 5.32 Å². The van der Waals surface area contributed by atoms with E-state index < -0.39 is 10.0 Å². The molecule has 0 radical (unpaired) electrons. The van der Waals surface area contributed by atoms with Gasteiger partial charge in [-0.1, -0.05) is 12.1 Å². The van der Waals surface area contributed by atoms with E-state index >= 15 is 0 Å². The molecule has 2 heterocycles. The summed E-state index contributed by atoms with van der Waals surface area (Å²) in [7, 11) is -1.81. The summed E-state index contributed by atoms with van der Waals surface area (Å²) in [6, 6.07) is 7.05. The van der Waals surface area contributed by atoms with Gasteiger partial charge in [-0.05, 0) is 19.1 Å². The highest BCUT2D eigenvalue weighted by molar-refractivity contribution is 7.89. The van der Waals surface area contributed by atoms with Gasteiger partial charge in [0.15, 0.2) is 0 Å². The molecular weight excluding hydrogens is 306 g/mol. The average Bonchev–Trinajstić information content (AvgIpc) is 2.83. The van der Waals surface area contributed by atoms with Crippen molar-refractivity contribution >= 4 is 21.4 Å². The van der Waals surface area contributed by atoms with Crippen LogP contribution in [0.25, 0.3) is 10.6 Å². The van der Waals surface area contributed by atoms with E-state index in [1.807, 2.05) is 18.4 Å². The molecule has 0 atom stereocenters. The summed E-state index contributed by atoms with van der Waals surface area (Å²) in [6.45, 7) is 3.35. The van der Waals surface area contributed by atoms with Gasteiger partial charge >= 0.3 is 0 Å². The molecule has 0 aliphatic carbocycles. The predicted molar refractivity (Wildman–Crippen MR) is 83.9 cm³/mol. The highest BCUT2D eigenvalue weighted by Crippen LogP contribution is 2.27. The van der Waals surface area contributed by atoms with Crippen LogP contribution in [0.5, 0.6) is 0 Å². The lowest BCUT2D eigenvalue weighted by Crippen LogP contribution is -2.57. The summed E-state index contributed by atoms with van der Waals surface area (Å²) < 4.78 is 26.7. The number of nitrogens with zero attached hydrogens (tertiary/aromatic N) is 2. The molecule has 7 heteroatoms. The van der Waals surface area contributed by atoms with Gasteiger partial charge in [-0.3, -0.25) is 0 Å². The van der Waals surface area contributed by atoms with E-state index in [2.05, 4.69) is 10.3 Å². The third kappa shape index (κ3) is 2.74. The minimum atomic E-state index is -3.45. The second kappa shape index (κ2) is 5.49. The van der Waals surface area contributed by atoms with Gasteiger partial charge < -0.3 is 5.32 Å². The lowest BCUT2D eigenvalue weighted by atomic mass is 10.2. The van der Waals surface area contributed by atoms with E-state index in [4.69, 9.17) is 0 Å². The first kappa shape index (κ1) is 14.6. The third-order valence-electron chi connectivity index (χ3n) is 3.65. The van der Waals surface area contributed by atoms with E-state index in [0.717, 1.165) is 16.3 Å². The van der Waals surface area contributed by atoms with Crippen LogP contribution in [0.3, 0.4) is 0 Å². The van der Waals surface area contributed by atoms with Crippen molar-refractivity contribution in [2.24, 2.45) is 0 Å². The molecule has 0 saturated carbocycles. The molecule has 1 saturated heterocycles. The number of benzene rings is 1. The van der Waals surface area contributed by atoms with Crippen molar-refractivity contribution in [3.63, 3.8) is 0 Å². The molecular formula is C14H17N3O2S2. The lowest BCUT2D eigenvalue weighted by molar-refractivity contribution is 0.274. The second-order valence-electron chi connectivity index (χ2n) is 5.16. The van der Waals surface area contributed by atoms with Crippen molar-refractivity contribution in [3.8, 4) is 10.6 Å². The quantitative estimate of drug-likeness (QED) is 0.930. The van der Waals surface area contributed by atoms with Gasteiger partial charge in [-0.2, -0.15) is 4.31 Å². The third-order valence-corrected chi connectivity index (χ3v) is 6.57. The highest BCUT2D eigenvalue weighted by Gasteiger charge is 2.31. The fraction of sp³-hybridized carbons (Fsp3) is 0.357. The molecule has 0 unspecified atom stereocenters. The zero-order chi connectivity index (χ0) is 15.0. The molecule has 1 aromatic heterocycles. The number of thiazole rings is 1. The Balaban J connectivity index is 1.95. The lowest BCUT2D eigenvalue weighted by Gasteiger charge is -2.34. The van der Waals surface area contributed by atoms with Crippen LogP contribution in [0.15, 0.2) is 34.5 Å². The Hall–Kier alpha value is -1.28. The summed E-state index contributed by atoms with van der Waals surface area (Å²) in [5.41, 5.74) is 1.79. The van der Waals surface area contributed by atoms with Crippen LogP contribution in [0, 0.1) is 6.92 Å². The Labute approximate surface area is 128 Å². The molecule has 0 bridgehead atoms. The van der Waals surface area contributed by atoms with Gasteiger partial charge in [-0.15, -0.1) is 11.3 Å². The van der Waals surface area contributed by atoms with Crippen molar-refractivity contribution in [2.45, 2.75) is 17.9 Å². The Morgan fingerprint density at radius 3 is 2.71 bits per heavy atom. The molecule has 5 nitrogen and oxygen atoms in total. The molecule has 1 aliphatic heterocycles. The molecule has 1 aliphatic rings. The molecule has 1 fully saturated rings. The van der Waals surface area contributed by atoms with Gasteiger partial charge in [-0.25, -0.2) is 13.4 Å². The zero-order valence-corrected chi connectivity index (χ0v) is 13.5. The van der Waals surface area contributed by atoms with Crippen molar-refractivity contribution in [2.75, 3.05) is 20.1 Å². The second-order valence-corrected chi connectivity index (χ2v) is 8.01. The summed E-state index contributed by atoms with van der Waals surface area (Å²) >= 11 is 1.52. The smallest absolute Gasteiger partial charge is 0.243 e. The van der Waals surface area contributed by atoms with Crippen molar-refractivity contribution in [1.29, 1.82) is 0 Å². The standard InChI is InChI=1S/C14H17N3O2S2/c1-10-9-20-14(16-10)11-4-3-5-13(6-11)21(18,19)17(2)12-7-15-8-12/h3-6,9,12,15H,7-8H2,1-2H3. The van der Waals surface area contributed by atoms with Crippen LogP contribution in [0.1, 0.15) is 5.69 Å². The molecule has 3 rings (SSSR count). The first-order valence-electron chi connectivity index (χ1n) is 6.70. The topological polar surface area (TPSA) is 62.3 Å². The zero-order valence-electron chi connectivity index (χ0n) is 11.9. The maximum Gasteiger partial charge on any atom is 0.243 e. The first-order valence-corrected chi connectivity index (χ1v) is 9.02. The normalized spacial score (nSPS) is 16.1. The van der Waals surface area contributed by atoms with Crippen LogP contribution in [0.4, 0.5) is 0 Å². The van der Waals surface area contributed by atoms with E-state index in [-0.39, 0.29) is 6.04 Å². The fourth-order valence-electron chi connectivity index (χ4n) is 2.17. The average molecular weight is 323 g/mol. The predicted octanol–water partition coefficient (Wildman–Crippen LogP) is 1.71. The number of aryl methyl sites for hydroxylation is 1. The number of sulfonamides is 1. The van der Waals surface area contributed by atoms with E-state index in [1.54, 1.807) is 25.2 Å². The van der Waals surface area contributed by atoms with Gasteiger partial charge in [0.2, 0.25) is 10.0 Å². The van der Waals surface area contributed by atoms with E-state index in [9.17, 15) is 8.42 Å².